The van der Waals surface area contributed by atoms with Gasteiger partial charge >= 0.3 is 0 Å². The van der Waals surface area contributed by atoms with Crippen LogP contribution < -0.4 is 5.32 Å². The second-order valence-electron chi connectivity index (χ2n) is 4.15. The third-order valence-electron chi connectivity index (χ3n) is 2.60. The van der Waals surface area contributed by atoms with Gasteiger partial charge in [0, 0.05) is 24.4 Å². The number of fused-ring (bicyclic) bond motifs is 1. The van der Waals surface area contributed by atoms with Crippen molar-refractivity contribution >= 4 is 26.6 Å². The molecule has 0 aliphatic heterocycles. The number of aromatic hydroxyl groups is 1. The minimum Gasteiger partial charge on any atom is -0.504 e. The van der Waals surface area contributed by atoms with E-state index in [1.807, 2.05) is 0 Å². The van der Waals surface area contributed by atoms with Crippen LogP contribution >= 0.6 is 0 Å². The van der Waals surface area contributed by atoms with Gasteiger partial charge in [-0.15, -0.1) is 0 Å². The number of rotatable bonds is 3. The van der Waals surface area contributed by atoms with Crippen LogP contribution in [0.2, 0.25) is 0 Å². The first kappa shape index (κ1) is 14.2. The molecular weight excluding hydrogens is 282 g/mol. The maximum absolute atomic E-state index is 11.8. The zero-order valence-corrected chi connectivity index (χ0v) is 11.7. The van der Waals surface area contributed by atoms with Gasteiger partial charge in [-0.25, -0.2) is 13.4 Å². The van der Waals surface area contributed by atoms with Crippen LogP contribution in [0, 0.1) is 0 Å². The van der Waals surface area contributed by atoms with E-state index < -0.39 is 21.5 Å². The van der Waals surface area contributed by atoms with Crippen molar-refractivity contribution in [3.8, 4) is 5.75 Å². The van der Waals surface area contributed by atoms with Crippen LogP contribution in [0.1, 0.15) is 17.4 Å². The van der Waals surface area contributed by atoms with Crippen molar-refractivity contribution in [3.05, 3.63) is 24.0 Å². The van der Waals surface area contributed by atoms with Crippen LogP contribution in [0.3, 0.4) is 0 Å². The zero-order chi connectivity index (χ0) is 14.9. The Balaban J connectivity index is 2.86. The lowest BCUT2D eigenvalue weighted by Crippen LogP contribution is -2.24. The summed E-state index contributed by atoms with van der Waals surface area (Å²) < 4.78 is 23.6. The quantitative estimate of drug-likeness (QED) is 0.852. The van der Waals surface area contributed by atoms with E-state index in [9.17, 15) is 18.3 Å². The Morgan fingerprint density at radius 2 is 2.15 bits per heavy atom. The molecule has 0 fully saturated rings. The van der Waals surface area contributed by atoms with Gasteiger partial charge in [-0.3, -0.25) is 9.78 Å². The molecule has 0 saturated carbocycles. The van der Waals surface area contributed by atoms with Gasteiger partial charge in [0.25, 0.3) is 5.91 Å². The van der Waals surface area contributed by atoms with Crippen molar-refractivity contribution in [1.29, 1.82) is 0 Å². The first-order chi connectivity index (χ1) is 9.36. The van der Waals surface area contributed by atoms with Gasteiger partial charge in [0.1, 0.15) is 5.52 Å². The van der Waals surface area contributed by atoms with Crippen LogP contribution in [0.5, 0.6) is 5.75 Å². The molecule has 2 aromatic rings. The molecule has 20 heavy (non-hydrogen) atoms. The molecule has 2 N–H and O–H groups in total. The molecule has 8 heteroatoms. The fourth-order valence-electron chi connectivity index (χ4n) is 1.78. The highest BCUT2D eigenvalue weighted by atomic mass is 32.2. The average Bonchev–Trinajstić information content (AvgIpc) is 2.38. The molecule has 106 valence electrons. The van der Waals surface area contributed by atoms with Gasteiger partial charge in [-0.1, -0.05) is 0 Å². The van der Waals surface area contributed by atoms with Gasteiger partial charge in [-0.05, 0) is 19.1 Å². The highest BCUT2D eigenvalue weighted by molar-refractivity contribution is 7.90. The second kappa shape index (κ2) is 5.04. The molecule has 0 atom stereocenters. The number of aromatic nitrogens is 2. The molecule has 0 radical (unpaired) electrons. The number of sulfone groups is 1. The molecule has 0 saturated heterocycles. The maximum Gasteiger partial charge on any atom is 0.273 e. The molecule has 2 aromatic heterocycles. The van der Waals surface area contributed by atoms with Gasteiger partial charge in [0.2, 0.25) is 0 Å². The fraction of sp³-hybridized carbons (Fsp3) is 0.250. The molecule has 0 aliphatic rings. The lowest BCUT2D eigenvalue weighted by Gasteiger charge is -2.09. The molecule has 2 rings (SSSR count). The number of pyridine rings is 2. The molecule has 0 unspecified atom stereocenters. The first-order valence-electron chi connectivity index (χ1n) is 5.82. The summed E-state index contributed by atoms with van der Waals surface area (Å²) in [4.78, 5) is 19.6. The van der Waals surface area contributed by atoms with E-state index in [1.165, 1.54) is 18.3 Å². The molecule has 0 spiro atoms. The number of hydrogen-bond donors (Lipinski definition) is 2. The Labute approximate surface area is 115 Å². The molecule has 0 bridgehead atoms. The summed E-state index contributed by atoms with van der Waals surface area (Å²) in [5.74, 6) is -1.08. The van der Waals surface area contributed by atoms with Crippen molar-refractivity contribution < 1.29 is 18.3 Å². The number of nitrogens with zero attached hydrogens (tertiary/aromatic N) is 2. The fourth-order valence-corrected chi connectivity index (χ4v) is 2.60. The molecule has 0 aliphatic carbocycles. The summed E-state index contributed by atoms with van der Waals surface area (Å²) in [6.07, 6.45) is 2.38. The third kappa shape index (κ3) is 2.42. The molecule has 2 heterocycles. The van der Waals surface area contributed by atoms with Crippen molar-refractivity contribution in [2.75, 3.05) is 12.8 Å². The summed E-state index contributed by atoms with van der Waals surface area (Å²) in [7, 11) is -3.66. The Kier molecular flexibility index (Phi) is 3.58. The lowest BCUT2D eigenvalue weighted by molar-refractivity contribution is 0.0947. The van der Waals surface area contributed by atoms with Crippen LogP contribution in [0.4, 0.5) is 0 Å². The van der Waals surface area contributed by atoms with Crippen molar-refractivity contribution in [2.24, 2.45) is 0 Å². The highest BCUT2D eigenvalue weighted by Gasteiger charge is 2.23. The topological polar surface area (TPSA) is 109 Å². The standard InChI is InChI=1S/C12H13N3O4S/c1-3-13-11(17)9-10(16)8-7(5-4-6-14-8)12(15-9)20(2,18)19/h4-6,16H,3H2,1-2H3,(H,13,17). The van der Waals surface area contributed by atoms with Crippen molar-refractivity contribution in [1.82, 2.24) is 15.3 Å². The zero-order valence-electron chi connectivity index (χ0n) is 10.9. The number of nitrogens with one attached hydrogen (secondary N) is 1. The monoisotopic (exact) mass is 295 g/mol. The predicted molar refractivity (Wildman–Crippen MR) is 72.3 cm³/mol. The van der Waals surface area contributed by atoms with Crippen LogP contribution in [0.15, 0.2) is 23.4 Å². The SMILES string of the molecule is CCNC(=O)c1nc(S(C)(=O)=O)c2cccnc2c1O. The first-order valence-corrected chi connectivity index (χ1v) is 7.71. The Morgan fingerprint density at radius 3 is 2.75 bits per heavy atom. The van der Waals surface area contributed by atoms with E-state index in [-0.39, 0.29) is 21.6 Å². The van der Waals surface area contributed by atoms with Crippen LogP contribution in [-0.4, -0.2) is 42.2 Å². The van der Waals surface area contributed by atoms with Crippen molar-refractivity contribution in [2.45, 2.75) is 11.9 Å². The summed E-state index contributed by atoms with van der Waals surface area (Å²) in [6.45, 7) is 2.03. The van der Waals surface area contributed by atoms with E-state index >= 15 is 0 Å². The van der Waals surface area contributed by atoms with Crippen LogP contribution in [0.25, 0.3) is 10.9 Å². The maximum atomic E-state index is 11.8. The summed E-state index contributed by atoms with van der Waals surface area (Å²) >= 11 is 0. The molecule has 7 nitrogen and oxygen atoms in total. The van der Waals surface area contributed by atoms with E-state index in [2.05, 4.69) is 15.3 Å². The third-order valence-corrected chi connectivity index (χ3v) is 3.62. The number of hydrogen-bond acceptors (Lipinski definition) is 6. The van der Waals surface area contributed by atoms with E-state index in [0.717, 1.165) is 6.26 Å². The largest absolute Gasteiger partial charge is 0.504 e. The van der Waals surface area contributed by atoms with Gasteiger partial charge < -0.3 is 10.4 Å². The number of carbonyl (C=O) groups is 1. The second-order valence-corrected chi connectivity index (χ2v) is 6.08. The van der Waals surface area contributed by atoms with Gasteiger partial charge in [0.05, 0.1) is 0 Å². The summed E-state index contributed by atoms with van der Waals surface area (Å²) in [6, 6.07) is 3.01. The molecular formula is C12H13N3O4S. The highest BCUT2D eigenvalue weighted by Crippen LogP contribution is 2.29. The normalized spacial score (nSPS) is 11.5. The lowest BCUT2D eigenvalue weighted by atomic mass is 10.2. The number of carbonyl (C=O) groups excluding carboxylic acids is 1. The molecule has 0 aromatic carbocycles. The van der Waals surface area contributed by atoms with E-state index in [0.29, 0.717) is 6.54 Å². The summed E-state index contributed by atoms with van der Waals surface area (Å²) in [5.41, 5.74) is -0.317. The minimum atomic E-state index is -3.66. The van der Waals surface area contributed by atoms with Crippen LogP contribution in [-0.2, 0) is 9.84 Å². The van der Waals surface area contributed by atoms with E-state index in [4.69, 9.17) is 0 Å². The van der Waals surface area contributed by atoms with Gasteiger partial charge in [0.15, 0.2) is 26.3 Å². The molecule has 1 amide bonds. The smallest absolute Gasteiger partial charge is 0.273 e. The summed E-state index contributed by atoms with van der Waals surface area (Å²) in [5, 5.41) is 12.4. The Bertz CT molecular complexity index is 787. The van der Waals surface area contributed by atoms with Crippen molar-refractivity contribution in [3.63, 3.8) is 0 Å². The number of amides is 1. The Morgan fingerprint density at radius 1 is 1.45 bits per heavy atom. The average molecular weight is 295 g/mol. The minimum absolute atomic E-state index is 0.0316. The predicted octanol–water partition coefficient (Wildman–Crippen LogP) is 0.489. The van der Waals surface area contributed by atoms with E-state index in [1.54, 1.807) is 6.92 Å². The van der Waals surface area contributed by atoms with Gasteiger partial charge in [-0.2, -0.15) is 0 Å². The Hall–Kier alpha value is -2.22.